The van der Waals surface area contributed by atoms with E-state index in [1.807, 2.05) is 12.1 Å². The van der Waals surface area contributed by atoms with Crippen LogP contribution in [0.25, 0.3) is 0 Å². The number of carbonyl (C=O) groups is 3. The molecule has 0 aliphatic carbocycles. The summed E-state index contributed by atoms with van der Waals surface area (Å²) >= 11 is 11.9. The largest absolute Gasteiger partial charge is 0.355 e. The van der Waals surface area contributed by atoms with Gasteiger partial charge in [-0.2, -0.15) is 0 Å². The molecule has 6 nitrogen and oxygen atoms in total. The second kappa shape index (κ2) is 11.1. The van der Waals surface area contributed by atoms with Gasteiger partial charge >= 0.3 is 0 Å². The number of halogens is 2. The van der Waals surface area contributed by atoms with E-state index < -0.39 is 17.6 Å². The first-order valence-corrected chi connectivity index (χ1v) is 11.5. The Hall–Kier alpha value is -1.63. The molecule has 1 aromatic rings. The molecule has 2 aliphatic heterocycles. The van der Waals surface area contributed by atoms with E-state index in [0.717, 1.165) is 38.0 Å². The van der Waals surface area contributed by atoms with Crippen LogP contribution in [0.5, 0.6) is 0 Å². The molecule has 3 rings (SSSR count). The minimum absolute atomic E-state index is 0.191. The predicted octanol–water partition coefficient (Wildman–Crippen LogP) is 2.95. The number of carbonyl (C=O) groups excluding carboxylic acids is 3. The minimum Gasteiger partial charge on any atom is -0.355 e. The van der Waals surface area contributed by atoms with Gasteiger partial charge in [-0.3, -0.25) is 14.4 Å². The van der Waals surface area contributed by atoms with Crippen molar-refractivity contribution in [3.63, 3.8) is 0 Å². The summed E-state index contributed by atoms with van der Waals surface area (Å²) in [6.07, 6.45) is 6.02. The van der Waals surface area contributed by atoms with E-state index >= 15 is 0 Å². The van der Waals surface area contributed by atoms with Gasteiger partial charge < -0.3 is 15.1 Å². The summed E-state index contributed by atoms with van der Waals surface area (Å²) in [7, 11) is 0. The molecule has 0 spiro atoms. The van der Waals surface area contributed by atoms with Crippen LogP contribution in [-0.4, -0.2) is 66.7 Å². The number of amides is 2. The molecule has 2 fully saturated rings. The summed E-state index contributed by atoms with van der Waals surface area (Å²) in [4.78, 5) is 40.9. The zero-order chi connectivity index (χ0) is 21.5. The van der Waals surface area contributed by atoms with E-state index in [0.29, 0.717) is 29.6 Å². The van der Waals surface area contributed by atoms with Gasteiger partial charge in [0.15, 0.2) is 0 Å². The maximum atomic E-state index is 12.4. The fourth-order valence-corrected chi connectivity index (χ4v) is 4.40. The average molecular weight is 454 g/mol. The summed E-state index contributed by atoms with van der Waals surface area (Å²) in [5.74, 6) is -2.36. The third-order valence-corrected chi connectivity index (χ3v) is 6.55. The van der Waals surface area contributed by atoms with Crippen LogP contribution in [0.15, 0.2) is 18.2 Å². The summed E-state index contributed by atoms with van der Waals surface area (Å²) in [6.45, 7) is 4.31. The van der Waals surface area contributed by atoms with Crippen molar-refractivity contribution in [2.24, 2.45) is 5.92 Å². The Balaban J connectivity index is 1.38. The van der Waals surface area contributed by atoms with Crippen molar-refractivity contribution in [3.05, 3.63) is 33.8 Å². The second-order valence-corrected chi connectivity index (χ2v) is 8.88. The molecule has 2 aliphatic rings. The molecule has 2 amide bonds. The van der Waals surface area contributed by atoms with Crippen molar-refractivity contribution < 1.29 is 14.4 Å². The molecule has 0 radical (unpaired) electrons. The molecule has 0 bridgehead atoms. The lowest BCUT2D eigenvalue weighted by atomic mass is 10.1. The molecule has 164 valence electrons. The maximum absolute atomic E-state index is 12.4. The van der Waals surface area contributed by atoms with E-state index in [9.17, 15) is 14.4 Å². The molecule has 8 heteroatoms. The highest BCUT2D eigenvalue weighted by Gasteiger charge is 2.42. The molecule has 1 aromatic carbocycles. The van der Waals surface area contributed by atoms with Crippen LogP contribution in [0.1, 0.15) is 37.7 Å². The maximum Gasteiger partial charge on any atom is 0.290 e. The molecule has 1 atom stereocenters. The van der Waals surface area contributed by atoms with Gasteiger partial charge in [-0.15, -0.1) is 0 Å². The molecule has 1 N–H and O–H groups in total. The van der Waals surface area contributed by atoms with Gasteiger partial charge in [0.2, 0.25) is 11.7 Å². The molecular weight excluding hydrogens is 425 g/mol. The molecule has 0 aromatic heterocycles. The van der Waals surface area contributed by atoms with E-state index in [1.54, 1.807) is 6.07 Å². The van der Waals surface area contributed by atoms with Crippen LogP contribution >= 0.6 is 23.2 Å². The smallest absolute Gasteiger partial charge is 0.290 e. The Morgan fingerprint density at radius 2 is 1.80 bits per heavy atom. The van der Waals surface area contributed by atoms with Gasteiger partial charge in [0.05, 0.1) is 10.0 Å². The second-order valence-electron chi connectivity index (χ2n) is 8.07. The number of benzene rings is 1. The standard InChI is InChI=1S/C22H29Cl2N3O3/c23-18-8-7-16(14-19(18)24)6-4-9-25-21(29)17-15-27(22(30)20(17)28)13-5-12-26-10-2-1-3-11-26/h7-8,14,17H,1-6,9-13,15H2,(H,25,29). The third-order valence-electron chi connectivity index (χ3n) is 5.81. The lowest BCUT2D eigenvalue weighted by molar-refractivity contribution is -0.142. The number of likely N-dealkylation sites (tertiary alicyclic amines) is 2. The molecular formula is C22H29Cl2N3O3. The van der Waals surface area contributed by atoms with Crippen molar-refractivity contribution in [1.29, 1.82) is 0 Å². The first-order valence-electron chi connectivity index (χ1n) is 10.7. The lowest BCUT2D eigenvalue weighted by Gasteiger charge is -2.27. The average Bonchev–Trinajstić information content (AvgIpc) is 3.03. The van der Waals surface area contributed by atoms with E-state index in [1.165, 1.54) is 24.2 Å². The number of piperidine rings is 1. The van der Waals surface area contributed by atoms with Gasteiger partial charge in [-0.05, 0) is 69.4 Å². The van der Waals surface area contributed by atoms with Crippen LogP contribution in [0.2, 0.25) is 10.0 Å². The summed E-state index contributed by atoms with van der Waals surface area (Å²) in [5, 5.41) is 3.81. The van der Waals surface area contributed by atoms with Gasteiger partial charge in [-0.25, -0.2) is 0 Å². The SMILES string of the molecule is O=C(NCCCc1ccc(Cl)c(Cl)c1)C1CN(CCCN2CCCCC2)C(=O)C1=O. The number of aryl methyl sites for hydroxylation is 1. The Labute approximate surface area is 187 Å². The summed E-state index contributed by atoms with van der Waals surface area (Å²) in [5.41, 5.74) is 1.03. The fourth-order valence-electron chi connectivity index (χ4n) is 4.08. The molecule has 1 unspecified atom stereocenters. The highest BCUT2D eigenvalue weighted by atomic mass is 35.5. The predicted molar refractivity (Wildman–Crippen MR) is 118 cm³/mol. The minimum atomic E-state index is -0.891. The number of hydrogen-bond acceptors (Lipinski definition) is 4. The van der Waals surface area contributed by atoms with Crippen LogP contribution in [0.4, 0.5) is 0 Å². The first kappa shape index (κ1) is 23.0. The van der Waals surface area contributed by atoms with Crippen molar-refractivity contribution in [2.75, 3.05) is 39.3 Å². The van der Waals surface area contributed by atoms with Crippen molar-refractivity contribution >= 4 is 40.8 Å². The topological polar surface area (TPSA) is 69.7 Å². The summed E-state index contributed by atoms with van der Waals surface area (Å²) in [6, 6.07) is 5.46. The Morgan fingerprint density at radius 1 is 1.03 bits per heavy atom. The molecule has 0 saturated carbocycles. The number of hydrogen-bond donors (Lipinski definition) is 1. The van der Waals surface area contributed by atoms with Gasteiger partial charge in [-0.1, -0.05) is 35.7 Å². The number of nitrogens with one attached hydrogen (secondary N) is 1. The van der Waals surface area contributed by atoms with Gasteiger partial charge in [0.1, 0.15) is 5.92 Å². The van der Waals surface area contributed by atoms with Crippen molar-refractivity contribution in [2.45, 2.75) is 38.5 Å². The monoisotopic (exact) mass is 453 g/mol. The third kappa shape index (κ3) is 6.19. The molecule has 2 saturated heterocycles. The normalized spacial score (nSPS) is 20.1. The fraction of sp³-hybridized carbons (Fsp3) is 0.591. The summed E-state index contributed by atoms with van der Waals surface area (Å²) < 4.78 is 0. The van der Waals surface area contributed by atoms with Crippen molar-refractivity contribution in [1.82, 2.24) is 15.1 Å². The van der Waals surface area contributed by atoms with Crippen LogP contribution < -0.4 is 5.32 Å². The van der Waals surface area contributed by atoms with Gasteiger partial charge in [0.25, 0.3) is 5.91 Å². The Morgan fingerprint density at radius 3 is 2.53 bits per heavy atom. The Bertz CT molecular complexity index is 781. The van der Waals surface area contributed by atoms with E-state index in [2.05, 4.69) is 10.2 Å². The van der Waals surface area contributed by atoms with E-state index in [-0.39, 0.29) is 12.5 Å². The zero-order valence-corrected chi connectivity index (χ0v) is 18.7. The molecule has 30 heavy (non-hydrogen) atoms. The van der Waals surface area contributed by atoms with E-state index in [4.69, 9.17) is 23.2 Å². The number of Topliss-reactive ketones (excluding diaryl/α,β-unsaturated/α-hetero) is 1. The van der Waals surface area contributed by atoms with Gasteiger partial charge in [0, 0.05) is 19.6 Å². The van der Waals surface area contributed by atoms with Crippen molar-refractivity contribution in [3.8, 4) is 0 Å². The number of ketones is 1. The lowest BCUT2D eigenvalue weighted by Crippen LogP contribution is -2.36. The molecule has 2 heterocycles. The number of nitrogens with zero attached hydrogens (tertiary/aromatic N) is 2. The van der Waals surface area contributed by atoms with Crippen LogP contribution in [-0.2, 0) is 20.8 Å². The highest BCUT2D eigenvalue weighted by molar-refractivity contribution is 6.42. The Kier molecular flexibility index (Phi) is 8.54. The first-order chi connectivity index (χ1) is 14.5. The van der Waals surface area contributed by atoms with Crippen LogP contribution in [0.3, 0.4) is 0 Å². The number of rotatable bonds is 9. The quantitative estimate of drug-likeness (QED) is 0.354. The highest BCUT2D eigenvalue weighted by Crippen LogP contribution is 2.23. The van der Waals surface area contributed by atoms with Crippen LogP contribution in [0, 0.1) is 5.92 Å². The zero-order valence-electron chi connectivity index (χ0n) is 17.2.